The van der Waals surface area contributed by atoms with Crippen molar-refractivity contribution in [3.63, 3.8) is 0 Å². The second kappa shape index (κ2) is 12.9. The first-order valence-corrected chi connectivity index (χ1v) is 13.8. The van der Waals surface area contributed by atoms with Crippen LogP contribution in [0.15, 0.2) is 78.9 Å². The number of carbonyl (C=O) groups is 2. The summed E-state index contributed by atoms with van der Waals surface area (Å²) in [5.74, 6) is -0.377. The van der Waals surface area contributed by atoms with Gasteiger partial charge < -0.3 is 15.0 Å². The van der Waals surface area contributed by atoms with Crippen molar-refractivity contribution in [1.82, 2.24) is 10.2 Å². The Morgan fingerprint density at radius 3 is 2.28 bits per heavy atom. The van der Waals surface area contributed by atoms with E-state index in [1.54, 1.807) is 18.2 Å². The fraction of sp³-hybridized carbons (Fsp3) is 0.394. The van der Waals surface area contributed by atoms with Gasteiger partial charge >= 0.3 is 0 Å². The summed E-state index contributed by atoms with van der Waals surface area (Å²) in [6.07, 6.45) is 4.33. The summed E-state index contributed by atoms with van der Waals surface area (Å²) >= 11 is 0. The van der Waals surface area contributed by atoms with Crippen molar-refractivity contribution in [3.05, 3.63) is 101 Å². The van der Waals surface area contributed by atoms with E-state index in [4.69, 9.17) is 4.74 Å². The molecular weight excluding hydrogens is 491 g/mol. The molecule has 39 heavy (non-hydrogen) atoms. The zero-order valence-corrected chi connectivity index (χ0v) is 23.2. The second-order valence-corrected chi connectivity index (χ2v) is 11.3. The lowest BCUT2D eigenvalue weighted by molar-refractivity contribution is -0.143. The van der Waals surface area contributed by atoms with Gasteiger partial charge in [0.05, 0.1) is 0 Å². The quantitative estimate of drug-likeness (QED) is 0.340. The van der Waals surface area contributed by atoms with E-state index in [2.05, 4.69) is 26.1 Å². The van der Waals surface area contributed by atoms with Crippen LogP contribution < -0.4 is 10.1 Å². The molecule has 1 saturated carbocycles. The molecule has 0 radical (unpaired) electrons. The molecule has 4 rings (SSSR count). The van der Waals surface area contributed by atoms with Crippen molar-refractivity contribution in [2.45, 2.75) is 76.9 Å². The molecule has 3 aromatic carbocycles. The van der Waals surface area contributed by atoms with Crippen LogP contribution in [0.5, 0.6) is 5.75 Å². The zero-order chi connectivity index (χ0) is 27.8. The normalized spacial score (nSPS) is 14.6. The molecule has 0 bridgehead atoms. The molecule has 1 fully saturated rings. The molecule has 206 valence electrons. The summed E-state index contributed by atoms with van der Waals surface area (Å²) in [5.41, 5.74) is 2.09. The summed E-state index contributed by atoms with van der Waals surface area (Å²) < 4.78 is 20.9. The Bertz CT molecular complexity index is 1250. The number of carbonyl (C=O) groups excluding carboxylic acids is 2. The number of benzene rings is 3. The van der Waals surface area contributed by atoms with Gasteiger partial charge in [0.15, 0.2) is 6.61 Å². The second-order valence-electron chi connectivity index (χ2n) is 11.3. The molecule has 5 nitrogen and oxygen atoms in total. The van der Waals surface area contributed by atoms with Gasteiger partial charge in [-0.2, -0.15) is 0 Å². The van der Waals surface area contributed by atoms with Crippen molar-refractivity contribution in [1.29, 1.82) is 0 Å². The largest absolute Gasteiger partial charge is 0.483 e. The van der Waals surface area contributed by atoms with Crippen molar-refractivity contribution in [3.8, 4) is 5.75 Å². The zero-order valence-electron chi connectivity index (χ0n) is 23.2. The Labute approximate surface area is 231 Å². The molecule has 1 aliphatic rings. The van der Waals surface area contributed by atoms with E-state index in [9.17, 15) is 14.0 Å². The van der Waals surface area contributed by atoms with E-state index in [0.717, 1.165) is 36.8 Å². The van der Waals surface area contributed by atoms with Crippen molar-refractivity contribution >= 4 is 11.8 Å². The molecule has 3 aromatic rings. The Morgan fingerprint density at radius 2 is 1.59 bits per heavy atom. The number of halogens is 1. The minimum absolute atomic E-state index is 0.0363. The van der Waals surface area contributed by atoms with Gasteiger partial charge in [-0.05, 0) is 41.5 Å². The average molecular weight is 531 g/mol. The maximum absolute atomic E-state index is 14.8. The first-order chi connectivity index (χ1) is 18.7. The van der Waals surface area contributed by atoms with E-state index in [1.807, 2.05) is 54.6 Å². The van der Waals surface area contributed by atoms with Crippen LogP contribution in [-0.4, -0.2) is 35.4 Å². The summed E-state index contributed by atoms with van der Waals surface area (Å²) in [6.45, 7) is 5.97. The summed E-state index contributed by atoms with van der Waals surface area (Å²) in [5, 5.41) is 3.17. The van der Waals surface area contributed by atoms with E-state index in [-0.39, 0.29) is 36.4 Å². The highest BCUT2D eigenvalue weighted by Crippen LogP contribution is 2.31. The lowest BCUT2D eigenvalue weighted by Crippen LogP contribution is -2.53. The number of nitrogens with zero attached hydrogens (tertiary/aromatic N) is 1. The summed E-state index contributed by atoms with van der Waals surface area (Å²) in [4.78, 5) is 29.1. The maximum atomic E-state index is 14.8. The van der Waals surface area contributed by atoms with Gasteiger partial charge in [0.1, 0.15) is 17.6 Å². The van der Waals surface area contributed by atoms with Crippen molar-refractivity contribution in [2.24, 2.45) is 0 Å². The summed E-state index contributed by atoms with van der Waals surface area (Å²) in [6, 6.07) is 22.9. The first-order valence-electron chi connectivity index (χ1n) is 13.8. The molecule has 0 unspecified atom stereocenters. The summed E-state index contributed by atoms with van der Waals surface area (Å²) in [7, 11) is 0. The maximum Gasteiger partial charge on any atom is 0.261 e. The molecule has 0 aromatic heterocycles. The lowest BCUT2D eigenvalue weighted by atomic mass is 9.86. The molecular formula is C33H39FN2O3. The monoisotopic (exact) mass is 530 g/mol. The average Bonchev–Trinajstić information content (AvgIpc) is 3.43. The Balaban J connectivity index is 1.64. The number of rotatable bonds is 10. The smallest absolute Gasteiger partial charge is 0.261 e. The predicted molar refractivity (Wildman–Crippen MR) is 152 cm³/mol. The number of para-hydroxylation sites is 1. The Hall–Kier alpha value is -3.67. The van der Waals surface area contributed by atoms with Crippen molar-refractivity contribution < 1.29 is 18.7 Å². The third-order valence-corrected chi connectivity index (χ3v) is 7.32. The molecule has 1 aliphatic carbocycles. The van der Waals surface area contributed by atoms with Crippen LogP contribution in [0.25, 0.3) is 0 Å². The van der Waals surface area contributed by atoms with Crippen LogP contribution >= 0.6 is 0 Å². The molecule has 1 atom stereocenters. The third kappa shape index (κ3) is 7.69. The third-order valence-electron chi connectivity index (χ3n) is 7.32. The fourth-order valence-electron chi connectivity index (χ4n) is 5.17. The van der Waals surface area contributed by atoms with Gasteiger partial charge in [0, 0.05) is 24.6 Å². The van der Waals surface area contributed by atoms with Gasteiger partial charge in [0.25, 0.3) is 5.91 Å². The Kier molecular flexibility index (Phi) is 9.39. The highest BCUT2D eigenvalue weighted by atomic mass is 19.1. The number of nitrogens with one attached hydrogen (secondary N) is 1. The van der Waals surface area contributed by atoms with E-state index >= 15 is 0 Å². The molecule has 0 aliphatic heterocycles. The molecule has 0 spiro atoms. The molecule has 0 saturated heterocycles. The van der Waals surface area contributed by atoms with Crippen LogP contribution in [-0.2, 0) is 28.0 Å². The van der Waals surface area contributed by atoms with E-state index < -0.39 is 11.9 Å². The lowest BCUT2D eigenvalue weighted by Gasteiger charge is -2.32. The molecule has 1 N–H and O–H groups in total. The van der Waals surface area contributed by atoms with Gasteiger partial charge in [-0.3, -0.25) is 9.59 Å². The first kappa shape index (κ1) is 28.3. The van der Waals surface area contributed by atoms with Gasteiger partial charge in [-0.1, -0.05) is 100 Å². The number of ether oxygens (including phenoxy) is 1. The van der Waals surface area contributed by atoms with Crippen LogP contribution in [0, 0.1) is 5.82 Å². The standard InChI is InChI=1S/C33H39FN2O3/c1-33(2,3)27-18-10-12-20-30(27)39-23-31(37)36(22-25-15-7-11-19-28(25)34)29(21-24-13-5-4-6-14-24)32(38)35-26-16-8-9-17-26/h4-7,10-15,18-20,26,29H,8-9,16-17,21-23H2,1-3H3,(H,35,38)/t29-/m0/s1. The van der Waals surface area contributed by atoms with Crippen LogP contribution in [0.4, 0.5) is 4.39 Å². The molecule has 2 amide bonds. The predicted octanol–water partition coefficient (Wildman–Crippen LogP) is 6.20. The number of hydrogen-bond donors (Lipinski definition) is 1. The number of hydrogen-bond acceptors (Lipinski definition) is 3. The minimum Gasteiger partial charge on any atom is -0.483 e. The highest BCUT2D eigenvalue weighted by Gasteiger charge is 2.33. The highest BCUT2D eigenvalue weighted by molar-refractivity contribution is 5.88. The Morgan fingerprint density at radius 1 is 0.949 bits per heavy atom. The topological polar surface area (TPSA) is 58.6 Å². The van der Waals surface area contributed by atoms with Gasteiger partial charge in [0.2, 0.25) is 5.91 Å². The van der Waals surface area contributed by atoms with Crippen LogP contribution in [0.2, 0.25) is 0 Å². The van der Waals surface area contributed by atoms with E-state index in [1.165, 1.54) is 11.0 Å². The van der Waals surface area contributed by atoms with E-state index in [0.29, 0.717) is 17.7 Å². The number of amides is 2. The van der Waals surface area contributed by atoms with Gasteiger partial charge in [-0.25, -0.2) is 4.39 Å². The fourth-order valence-corrected chi connectivity index (χ4v) is 5.17. The van der Waals surface area contributed by atoms with Crippen LogP contribution in [0.1, 0.15) is 63.1 Å². The van der Waals surface area contributed by atoms with Crippen LogP contribution in [0.3, 0.4) is 0 Å². The van der Waals surface area contributed by atoms with Crippen molar-refractivity contribution in [2.75, 3.05) is 6.61 Å². The molecule has 6 heteroatoms. The minimum atomic E-state index is -0.818. The van der Waals surface area contributed by atoms with Gasteiger partial charge in [-0.15, -0.1) is 0 Å². The SMILES string of the molecule is CC(C)(C)c1ccccc1OCC(=O)N(Cc1ccccc1F)[C@@H](Cc1ccccc1)C(=O)NC1CCCC1. The molecule has 0 heterocycles.